The number of nitrogens with zero attached hydrogens (tertiary/aromatic N) is 1. The van der Waals surface area contributed by atoms with Crippen molar-refractivity contribution in [2.75, 3.05) is 31.1 Å². The first-order valence-corrected chi connectivity index (χ1v) is 14.9. The molecule has 5 rings (SSSR count). The number of nitrogens with one attached hydrogen (secondary N) is 1. The maximum absolute atomic E-state index is 13.9. The lowest BCUT2D eigenvalue weighted by Crippen LogP contribution is -2.51. The van der Waals surface area contributed by atoms with Crippen LogP contribution in [0.25, 0.3) is 10.8 Å². The monoisotopic (exact) mass is 574 g/mol. The van der Waals surface area contributed by atoms with Crippen LogP contribution in [-0.2, 0) is 20.2 Å². The maximum atomic E-state index is 13.9. The zero-order valence-electron chi connectivity index (χ0n) is 23.6. The third kappa shape index (κ3) is 6.10. The number of hydrogen-bond donors (Lipinski definition) is 1. The SMILES string of the molecule is COc1ccc(S(=O)(=O)N2C[C@@H](C(=O)NCCOc3ccc4ccccc4c3)Oc3ccc(C(C)(C)C)cc32)cc1. The number of benzene rings is 4. The van der Waals surface area contributed by atoms with Gasteiger partial charge in [-0.3, -0.25) is 9.10 Å². The van der Waals surface area contributed by atoms with E-state index >= 15 is 0 Å². The Hall–Kier alpha value is -4.24. The molecule has 0 unspecified atom stereocenters. The first-order valence-electron chi connectivity index (χ1n) is 13.4. The molecule has 0 aliphatic carbocycles. The van der Waals surface area contributed by atoms with Crippen LogP contribution in [0.1, 0.15) is 26.3 Å². The minimum absolute atomic E-state index is 0.0928. The maximum Gasteiger partial charge on any atom is 0.264 e. The van der Waals surface area contributed by atoms with Gasteiger partial charge in [0.2, 0.25) is 0 Å². The molecule has 8 nitrogen and oxygen atoms in total. The van der Waals surface area contributed by atoms with Crippen LogP contribution in [0.2, 0.25) is 0 Å². The first kappa shape index (κ1) is 28.3. The largest absolute Gasteiger partial charge is 0.497 e. The third-order valence-electron chi connectivity index (χ3n) is 7.03. The molecule has 9 heteroatoms. The van der Waals surface area contributed by atoms with E-state index in [2.05, 4.69) is 26.1 Å². The van der Waals surface area contributed by atoms with Gasteiger partial charge in [0.25, 0.3) is 15.9 Å². The Bertz CT molecular complexity index is 1660. The van der Waals surface area contributed by atoms with E-state index in [9.17, 15) is 13.2 Å². The Morgan fingerprint density at radius 3 is 2.37 bits per heavy atom. The van der Waals surface area contributed by atoms with Gasteiger partial charge in [0, 0.05) is 0 Å². The van der Waals surface area contributed by atoms with Crippen molar-refractivity contribution >= 4 is 32.4 Å². The molecule has 1 amide bonds. The van der Waals surface area contributed by atoms with Crippen molar-refractivity contribution in [2.45, 2.75) is 37.2 Å². The van der Waals surface area contributed by atoms with E-state index in [0.717, 1.165) is 16.3 Å². The number of rotatable bonds is 8. The number of ether oxygens (including phenoxy) is 3. The topological polar surface area (TPSA) is 94.2 Å². The summed E-state index contributed by atoms with van der Waals surface area (Å²) in [7, 11) is -2.50. The van der Waals surface area contributed by atoms with Crippen LogP contribution < -0.4 is 23.8 Å². The number of carbonyl (C=O) groups is 1. The highest BCUT2D eigenvalue weighted by Gasteiger charge is 2.38. The van der Waals surface area contributed by atoms with Crippen LogP contribution in [0.15, 0.2) is 89.8 Å². The summed E-state index contributed by atoms with van der Waals surface area (Å²) in [5.74, 6) is 1.15. The minimum atomic E-state index is -4.02. The van der Waals surface area contributed by atoms with E-state index in [1.807, 2.05) is 54.6 Å². The van der Waals surface area contributed by atoms with E-state index in [-0.39, 0.29) is 30.0 Å². The number of fused-ring (bicyclic) bond motifs is 2. The minimum Gasteiger partial charge on any atom is -0.497 e. The van der Waals surface area contributed by atoms with E-state index < -0.39 is 22.0 Å². The van der Waals surface area contributed by atoms with Gasteiger partial charge in [-0.2, -0.15) is 0 Å². The summed E-state index contributed by atoms with van der Waals surface area (Å²) in [6, 6.07) is 25.5. The number of methoxy groups -OCH3 is 1. The molecule has 0 radical (unpaired) electrons. The molecule has 1 aliphatic rings. The number of sulfonamides is 1. The van der Waals surface area contributed by atoms with E-state index in [1.165, 1.54) is 23.5 Å². The Morgan fingerprint density at radius 1 is 0.951 bits per heavy atom. The smallest absolute Gasteiger partial charge is 0.264 e. The number of anilines is 1. The fraction of sp³-hybridized carbons (Fsp3) is 0.281. The molecule has 1 heterocycles. The lowest BCUT2D eigenvalue weighted by molar-refractivity contribution is -0.127. The van der Waals surface area contributed by atoms with E-state index in [1.54, 1.807) is 18.2 Å². The molecule has 4 aromatic carbocycles. The Kier molecular flexibility index (Phi) is 7.82. The number of carbonyl (C=O) groups excluding carboxylic acids is 1. The quantitative estimate of drug-likeness (QED) is 0.287. The number of amides is 1. The second-order valence-corrected chi connectivity index (χ2v) is 12.8. The Balaban J connectivity index is 1.33. The summed E-state index contributed by atoms with van der Waals surface area (Å²) in [5.41, 5.74) is 1.13. The molecule has 41 heavy (non-hydrogen) atoms. The van der Waals surface area contributed by atoms with Crippen LogP contribution in [0, 0.1) is 0 Å². The molecule has 1 atom stereocenters. The summed E-state index contributed by atoms with van der Waals surface area (Å²) < 4.78 is 46.1. The third-order valence-corrected chi connectivity index (χ3v) is 8.82. The van der Waals surface area contributed by atoms with E-state index in [0.29, 0.717) is 22.9 Å². The highest BCUT2D eigenvalue weighted by Crippen LogP contribution is 2.40. The normalized spacial score (nSPS) is 15.1. The van der Waals surface area contributed by atoms with Crippen molar-refractivity contribution in [3.05, 3.63) is 90.5 Å². The summed E-state index contributed by atoms with van der Waals surface area (Å²) in [4.78, 5) is 13.3. The van der Waals surface area contributed by atoms with Crippen LogP contribution in [0.4, 0.5) is 5.69 Å². The van der Waals surface area contributed by atoms with Crippen molar-refractivity contribution in [2.24, 2.45) is 0 Å². The first-order chi connectivity index (χ1) is 19.6. The van der Waals surface area contributed by atoms with Crippen molar-refractivity contribution in [1.82, 2.24) is 5.32 Å². The van der Waals surface area contributed by atoms with Crippen molar-refractivity contribution < 1.29 is 27.4 Å². The Morgan fingerprint density at radius 2 is 1.66 bits per heavy atom. The lowest BCUT2D eigenvalue weighted by Gasteiger charge is -2.36. The molecule has 214 valence electrons. The highest BCUT2D eigenvalue weighted by atomic mass is 32.2. The molecule has 0 saturated heterocycles. The Labute approximate surface area is 240 Å². The van der Waals surface area contributed by atoms with Gasteiger partial charge < -0.3 is 19.5 Å². The fourth-order valence-electron chi connectivity index (χ4n) is 4.67. The summed E-state index contributed by atoms with van der Waals surface area (Å²) in [5, 5.41) is 5.01. The van der Waals surface area contributed by atoms with Gasteiger partial charge in [0.15, 0.2) is 6.10 Å². The van der Waals surface area contributed by atoms with Crippen LogP contribution in [0.5, 0.6) is 17.2 Å². The summed E-state index contributed by atoms with van der Waals surface area (Å²) in [6.45, 7) is 6.46. The molecule has 0 bridgehead atoms. The van der Waals surface area contributed by atoms with Gasteiger partial charge in [0.1, 0.15) is 23.9 Å². The molecule has 0 aromatic heterocycles. The second kappa shape index (κ2) is 11.3. The molecule has 1 aliphatic heterocycles. The average Bonchev–Trinajstić information content (AvgIpc) is 2.97. The molecule has 0 saturated carbocycles. The van der Waals surface area contributed by atoms with Crippen LogP contribution in [-0.4, -0.2) is 47.2 Å². The van der Waals surface area contributed by atoms with Crippen molar-refractivity contribution in [1.29, 1.82) is 0 Å². The zero-order chi connectivity index (χ0) is 29.2. The number of hydrogen-bond acceptors (Lipinski definition) is 6. The van der Waals surface area contributed by atoms with Gasteiger partial charge in [0.05, 0.1) is 30.8 Å². The highest BCUT2D eigenvalue weighted by molar-refractivity contribution is 7.92. The summed E-state index contributed by atoms with van der Waals surface area (Å²) >= 11 is 0. The zero-order valence-corrected chi connectivity index (χ0v) is 24.4. The average molecular weight is 575 g/mol. The summed E-state index contributed by atoms with van der Waals surface area (Å²) in [6.07, 6.45) is -1.04. The van der Waals surface area contributed by atoms with Crippen molar-refractivity contribution in [3.8, 4) is 17.2 Å². The fourth-order valence-corrected chi connectivity index (χ4v) is 6.14. The van der Waals surface area contributed by atoms with Crippen LogP contribution in [0.3, 0.4) is 0 Å². The van der Waals surface area contributed by atoms with Gasteiger partial charge in [-0.25, -0.2) is 8.42 Å². The van der Waals surface area contributed by atoms with Gasteiger partial charge in [-0.15, -0.1) is 0 Å². The molecule has 1 N–H and O–H groups in total. The van der Waals surface area contributed by atoms with E-state index in [4.69, 9.17) is 14.2 Å². The molecule has 0 spiro atoms. The standard InChI is InChI=1S/C32H34N2O6S/c1-32(2,3)24-10-16-29-28(20-24)34(41(36,37)27-14-12-25(38-4)13-15-27)21-30(40-29)31(35)33-17-18-39-26-11-9-22-7-5-6-8-23(22)19-26/h5-16,19-20,30H,17-18,21H2,1-4H3,(H,33,35)/t30-/m0/s1. The van der Waals surface area contributed by atoms with Gasteiger partial charge in [-0.05, 0) is 70.3 Å². The molecular weight excluding hydrogens is 540 g/mol. The van der Waals surface area contributed by atoms with Gasteiger partial charge in [-0.1, -0.05) is 57.2 Å². The molecule has 4 aromatic rings. The van der Waals surface area contributed by atoms with Crippen LogP contribution >= 0.6 is 0 Å². The predicted molar refractivity (Wildman–Crippen MR) is 160 cm³/mol. The van der Waals surface area contributed by atoms with Crippen molar-refractivity contribution in [3.63, 3.8) is 0 Å². The molecular formula is C32H34N2O6S. The predicted octanol–water partition coefficient (Wildman–Crippen LogP) is 5.30. The lowest BCUT2D eigenvalue weighted by atomic mass is 9.86. The molecule has 0 fully saturated rings. The van der Waals surface area contributed by atoms with Gasteiger partial charge >= 0.3 is 0 Å². The second-order valence-electron chi connectivity index (χ2n) is 10.9.